The van der Waals surface area contributed by atoms with Crippen LogP contribution < -0.4 is 26.2 Å². The van der Waals surface area contributed by atoms with Crippen LogP contribution in [0.25, 0.3) is 66.8 Å². The molecule has 2 aliphatic carbocycles. The van der Waals surface area contributed by atoms with Crippen LogP contribution in [0, 0.1) is 0 Å². The van der Waals surface area contributed by atoms with Gasteiger partial charge in [0.2, 0.25) is 0 Å². The molecule has 3 heteroatoms. The first-order chi connectivity index (χ1) is 42.6. The van der Waals surface area contributed by atoms with Crippen molar-refractivity contribution in [3.63, 3.8) is 0 Å². The Morgan fingerprint density at radius 1 is 0.273 bits per heavy atom. The van der Waals surface area contributed by atoms with Gasteiger partial charge < -0.3 is 9.80 Å². The van der Waals surface area contributed by atoms with Crippen molar-refractivity contribution in [3.05, 3.63) is 306 Å². The number of hydrogen-bond donors (Lipinski definition) is 0. The van der Waals surface area contributed by atoms with Gasteiger partial charge in [-0.25, -0.2) is 0 Å². The topological polar surface area (TPSA) is 6.48 Å². The van der Waals surface area contributed by atoms with Gasteiger partial charge in [0.15, 0.2) is 0 Å². The summed E-state index contributed by atoms with van der Waals surface area (Å²) in [7, 11) is 0. The second kappa shape index (κ2) is 19.7. The van der Waals surface area contributed by atoms with Crippen molar-refractivity contribution in [2.24, 2.45) is 0 Å². The molecule has 0 radical (unpaired) electrons. The monoisotopic (exact) mass is 1130 g/mol. The molecular weight excluding hydrogens is 1060 g/mol. The first-order valence-electron chi connectivity index (χ1n) is 31.5. The van der Waals surface area contributed by atoms with E-state index >= 15 is 0 Å². The maximum atomic E-state index is 2.70. The van der Waals surface area contributed by atoms with Gasteiger partial charge in [-0.3, -0.25) is 0 Å². The predicted octanol–water partition coefficient (Wildman–Crippen LogP) is 20.7. The van der Waals surface area contributed by atoms with Gasteiger partial charge in [-0.1, -0.05) is 293 Å². The number of nitrogens with zero attached hydrogens (tertiary/aromatic N) is 2. The molecule has 4 aliphatic rings. The van der Waals surface area contributed by atoms with Gasteiger partial charge in [0.1, 0.15) is 0 Å². The number of rotatable bonds is 6. The Morgan fingerprint density at radius 3 is 1.22 bits per heavy atom. The van der Waals surface area contributed by atoms with E-state index in [0.29, 0.717) is 0 Å². The normalized spacial score (nSPS) is 14.0. The molecule has 0 aromatic heterocycles. The summed E-state index contributed by atoms with van der Waals surface area (Å²) >= 11 is 0. The van der Waals surface area contributed by atoms with Gasteiger partial charge >= 0.3 is 0 Å². The van der Waals surface area contributed by atoms with E-state index in [-0.39, 0.29) is 23.0 Å². The molecule has 2 aliphatic heterocycles. The summed E-state index contributed by atoms with van der Waals surface area (Å²) in [6.07, 6.45) is 0. The summed E-state index contributed by atoms with van der Waals surface area (Å²) in [5.74, 6) is 0. The van der Waals surface area contributed by atoms with Gasteiger partial charge in [-0.15, -0.1) is 0 Å². The molecular formula is C85H71BN2. The average molecular weight is 1130 g/mol. The van der Waals surface area contributed by atoms with Crippen LogP contribution in [-0.4, -0.2) is 6.71 Å². The highest BCUT2D eigenvalue weighted by Gasteiger charge is 2.53. The first kappa shape index (κ1) is 53.8. The maximum Gasteiger partial charge on any atom is 0.252 e. The van der Waals surface area contributed by atoms with Crippen LogP contribution in [0.15, 0.2) is 267 Å². The van der Waals surface area contributed by atoms with Crippen molar-refractivity contribution in [1.29, 1.82) is 0 Å². The summed E-state index contributed by atoms with van der Waals surface area (Å²) in [6.45, 7) is 21.1. The second-order valence-corrected chi connectivity index (χ2v) is 28.0. The van der Waals surface area contributed by atoms with Crippen molar-refractivity contribution in [2.45, 2.75) is 84.0 Å². The average Bonchev–Trinajstić information content (AvgIpc) is 0.760. The lowest BCUT2D eigenvalue weighted by Crippen LogP contribution is -2.61. The maximum absolute atomic E-state index is 2.70. The molecule has 1 spiro atoms. The predicted molar refractivity (Wildman–Crippen MR) is 375 cm³/mol. The molecule has 0 N–H and O–H groups in total. The molecule has 0 atom stereocenters. The van der Waals surface area contributed by atoms with E-state index in [2.05, 4.69) is 339 Å². The van der Waals surface area contributed by atoms with Crippen molar-refractivity contribution >= 4 is 57.2 Å². The van der Waals surface area contributed by atoms with E-state index in [1.807, 2.05) is 0 Å². The Kier molecular flexibility index (Phi) is 12.0. The molecule has 12 aromatic rings. The van der Waals surface area contributed by atoms with Crippen LogP contribution in [0.4, 0.5) is 34.1 Å². The lowest BCUT2D eigenvalue weighted by Gasteiger charge is -2.46. The number of hydrogen-bond acceptors (Lipinski definition) is 2. The van der Waals surface area contributed by atoms with Gasteiger partial charge in [0.25, 0.3) is 6.71 Å². The quantitative estimate of drug-likeness (QED) is 0.153. The fourth-order valence-electron chi connectivity index (χ4n) is 15.5. The number of fused-ring (bicyclic) bond motifs is 14. The SMILES string of the molecule is CC(C)(C)c1ccc2c(c1)B1c3ccc(C(C)(C)C)cc3N(c3ccc(C(C)(C)C)cc3-c3ccccc3)c3cc(-c4cccc5c4C4(c6ccccc6-c6ccccc64)c4ccccc4-5)cc(c31)N2c1c(-c2ccccc2)cccc1-c1ccccc1. The summed E-state index contributed by atoms with van der Waals surface area (Å²) in [5.41, 5.74) is 33.9. The second-order valence-electron chi connectivity index (χ2n) is 28.0. The summed E-state index contributed by atoms with van der Waals surface area (Å²) in [6, 6.07) is 103. The minimum absolute atomic E-state index is 0.0955. The Morgan fingerprint density at radius 2 is 0.682 bits per heavy atom. The Labute approximate surface area is 520 Å². The van der Waals surface area contributed by atoms with E-state index in [9.17, 15) is 0 Å². The highest BCUT2D eigenvalue weighted by molar-refractivity contribution is 7.00. The summed E-state index contributed by atoms with van der Waals surface area (Å²) in [5, 5.41) is 0. The van der Waals surface area contributed by atoms with Gasteiger partial charge in [-0.2, -0.15) is 0 Å². The van der Waals surface area contributed by atoms with Crippen molar-refractivity contribution in [2.75, 3.05) is 9.80 Å². The van der Waals surface area contributed by atoms with Crippen LogP contribution in [-0.2, 0) is 21.7 Å². The van der Waals surface area contributed by atoms with Crippen LogP contribution in [0.5, 0.6) is 0 Å². The minimum atomic E-state index is -0.585. The standard InChI is InChI=1S/C85H71BN2/c1-82(2,3)58-44-47-74(68(51-58)56-31-17-12-18-32-56)87-76-53-60(84(7,8)9)43-46-72(76)86-73-52-59(83(4,5)6)45-48-75(73)88(81-62(54-27-13-10-14-28-54)37-26-38-63(81)55-29-15-11-16-30-55)78-50-57(49-77(87)80(78)86)61-36-25-39-67-66-35-21-24-42-71(66)85(79(61)67)69-40-22-19-33-64(69)65-34-20-23-41-70(65)85/h10-53H,1-9H3. The van der Waals surface area contributed by atoms with Crippen LogP contribution in [0.3, 0.4) is 0 Å². The van der Waals surface area contributed by atoms with E-state index in [1.54, 1.807) is 0 Å². The highest BCUT2D eigenvalue weighted by atomic mass is 15.2. The Hall–Kier alpha value is -9.70. The minimum Gasteiger partial charge on any atom is -0.311 e. The summed E-state index contributed by atoms with van der Waals surface area (Å²) in [4.78, 5) is 5.40. The molecule has 0 fully saturated rings. The number of para-hydroxylation sites is 1. The molecule has 12 aromatic carbocycles. The lowest BCUT2D eigenvalue weighted by molar-refractivity contribution is 0.590. The summed E-state index contributed by atoms with van der Waals surface area (Å²) < 4.78 is 0. The molecule has 0 saturated heterocycles. The molecule has 0 unspecified atom stereocenters. The Balaban J connectivity index is 1.10. The number of benzene rings is 12. The molecule has 0 bridgehead atoms. The fourth-order valence-corrected chi connectivity index (χ4v) is 15.5. The molecule has 2 heterocycles. The molecule has 16 rings (SSSR count). The third-order valence-electron chi connectivity index (χ3n) is 19.7. The van der Waals surface area contributed by atoms with Crippen molar-refractivity contribution in [1.82, 2.24) is 0 Å². The lowest BCUT2D eigenvalue weighted by atomic mass is 9.33. The number of anilines is 6. The van der Waals surface area contributed by atoms with Crippen LogP contribution >= 0.6 is 0 Å². The van der Waals surface area contributed by atoms with E-state index in [1.165, 1.54) is 145 Å². The van der Waals surface area contributed by atoms with Gasteiger partial charge in [-0.05, 0) is 158 Å². The third-order valence-corrected chi connectivity index (χ3v) is 19.7. The Bertz CT molecular complexity index is 4680. The van der Waals surface area contributed by atoms with Gasteiger partial charge in [0, 0.05) is 39.4 Å². The van der Waals surface area contributed by atoms with Crippen molar-refractivity contribution in [3.8, 4) is 66.8 Å². The fraction of sp³-hybridized carbons (Fsp3) is 0.153. The zero-order valence-corrected chi connectivity index (χ0v) is 51.9. The van der Waals surface area contributed by atoms with E-state index in [0.717, 1.165) is 11.4 Å². The van der Waals surface area contributed by atoms with Crippen LogP contribution in [0.2, 0.25) is 0 Å². The molecule has 2 nitrogen and oxygen atoms in total. The van der Waals surface area contributed by atoms with E-state index < -0.39 is 5.41 Å². The largest absolute Gasteiger partial charge is 0.311 e. The van der Waals surface area contributed by atoms with Gasteiger partial charge in [0.05, 0.1) is 16.8 Å². The van der Waals surface area contributed by atoms with Crippen LogP contribution in [0.1, 0.15) is 101 Å². The molecule has 424 valence electrons. The highest BCUT2D eigenvalue weighted by Crippen LogP contribution is 2.65. The molecule has 0 amide bonds. The molecule has 0 saturated carbocycles. The zero-order chi connectivity index (χ0) is 60.0. The van der Waals surface area contributed by atoms with E-state index in [4.69, 9.17) is 0 Å². The van der Waals surface area contributed by atoms with Crippen molar-refractivity contribution < 1.29 is 0 Å². The third kappa shape index (κ3) is 8.02. The molecule has 88 heavy (non-hydrogen) atoms. The smallest absolute Gasteiger partial charge is 0.252 e. The zero-order valence-electron chi connectivity index (χ0n) is 51.9. The first-order valence-corrected chi connectivity index (χ1v) is 31.5.